The molecule has 1 fully saturated rings. The number of fused-ring (bicyclic) bond motifs is 1. The summed E-state index contributed by atoms with van der Waals surface area (Å²) in [5.74, 6) is 0.898. The third-order valence-corrected chi connectivity index (χ3v) is 4.50. The maximum absolute atomic E-state index is 10.8. The summed E-state index contributed by atoms with van der Waals surface area (Å²) in [5.41, 5.74) is 0.819. The summed E-state index contributed by atoms with van der Waals surface area (Å²) in [5, 5.41) is 12.3. The van der Waals surface area contributed by atoms with Crippen LogP contribution < -0.4 is 10.2 Å². The number of nitrogens with one attached hydrogen (secondary N) is 2. The summed E-state index contributed by atoms with van der Waals surface area (Å²) in [4.78, 5) is 24.9. The Morgan fingerprint density at radius 1 is 1.30 bits per heavy atom. The topological polar surface area (TPSA) is 94.1 Å². The SMILES string of the molecule is O=C(O)NCCN(c1ncnc2[nH]ccc12)C1CCCCCC1. The molecule has 2 aromatic heterocycles. The second-order valence-electron chi connectivity index (χ2n) is 6.01. The van der Waals surface area contributed by atoms with Crippen molar-refractivity contribution >= 4 is 22.9 Å². The van der Waals surface area contributed by atoms with Crippen molar-refractivity contribution < 1.29 is 9.90 Å². The number of aromatic nitrogens is 3. The highest BCUT2D eigenvalue weighted by atomic mass is 16.4. The van der Waals surface area contributed by atoms with E-state index in [0.717, 1.165) is 29.7 Å². The van der Waals surface area contributed by atoms with Gasteiger partial charge in [0.1, 0.15) is 17.8 Å². The lowest BCUT2D eigenvalue weighted by atomic mass is 10.1. The molecule has 0 saturated heterocycles. The van der Waals surface area contributed by atoms with Gasteiger partial charge in [-0.25, -0.2) is 14.8 Å². The zero-order valence-electron chi connectivity index (χ0n) is 13.2. The van der Waals surface area contributed by atoms with Crippen molar-refractivity contribution in [3.63, 3.8) is 0 Å². The predicted molar refractivity (Wildman–Crippen MR) is 88.8 cm³/mol. The maximum Gasteiger partial charge on any atom is 0.404 e. The number of anilines is 1. The Kier molecular flexibility index (Phi) is 4.95. The standard InChI is InChI=1S/C16H23N5O2/c22-16(23)18-9-10-21(12-5-3-1-2-4-6-12)15-13-7-8-17-14(13)19-11-20-15/h7-8,11-12,18H,1-6,9-10H2,(H,22,23)(H,17,19,20). The van der Waals surface area contributed by atoms with Crippen LogP contribution in [0.2, 0.25) is 0 Å². The highest BCUT2D eigenvalue weighted by molar-refractivity contribution is 5.87. The van der Waals surface area contributed by atoms with Gasteiger partial charge in [0.2, 0.25) is 0 Å². The molecule has 3 N–H and O–H groups in total. The molecule has 1 saturated carbocycles. The van der Waals surface area contributed by atoms with Crippen LogP contribution in [0.15, 0.2) is 18.6 Å². The molecule has 7 nitrogen and oxygen atoms in total. The largest absolute Gasteiger partial charge is 0.465 e. The minimum atomic E-state index is -0.986. The molecule has 0 aromatic carbocycles. The first-order valence-electron chi connectivity index (χ1n) is 8.27. The summed E-state index contributed by atoms with van der Waals surface area (Å²) in [6, 6.07) is 2.39. The molecule has 0 spiro atoms. The molecule has 3 rings (SSSR count). The Labute approximate surface area is 135 Å². The van der Waals surface area contributed by atoms with Crippen molar-refractivity contribution in [3.05, 3.63) is 18.6 Å². The van der Waals surface area contributed by atoms with E-state index in [-0.39, 0.29) is 0 Å². The van der Waals surface area contributed by atoms with Crippen LogP contribution in [0.4, 0.5) is 10.6 Å². The minimum absolute atomic E-state index is 0.391. The van der Waals surface area contributed by atoms with Crippen LogP contribution in [-0.2, 0) is 0 Å². The van der Waals surface area contributed by atoms with Crippen LogP contribution in [0, 0.1) is 0 Å². The summed E-state index contributed by atoms with van der Waals surface area (Å²) in [6.45, 7) is 1.01. The van der Waals surface area contributed by atoms with Crippen LogP contribution in [0.5, 0.6) is 0 Å². The monoisotopic (exact) mass is 317 g/mol. The van der Waals surface area contributed by atoms with E-state index in [0.29, 0.717) is 19.1 Å². The van der Waals surface area contributed by atoms with E-state index in [4.69, 9.17) is 5.11 Å². The second kappa shape index (κ2) is 7.30. The van der Waals surface area contributed by atoms with Gasteiger partial charge in [0.05, 0.1) is 5.39 Å². The zero-order chi connectivity index (χ0) is 16.1. The lowest BCUT2D eigenvalue weighted by Crippen LogP contribution is -2.41. The van der Waals surface area contributed by atoms with Crippen LogP contribution in [0.1, 0.15) is 38.5 Å². The fraction of sp³-hybridized carbons (Fsp3) is 0.562. The molecule has 0 radical (unpaired) electrons. The smallest absolute Gasteiger partial charge is 0.404 e. The van der Waals surface area contributed by atoms with Crippen molar-refractivity contribution in [1.29, 1.82) is 0 Å². The van der Waals surface area contributed by atoms with Gasteiger partial charge in [-0.15, -0.1) is 0 Å². The average molecular weight is 317 g/mol. The molecule has 124 valence electrons. The number of amides is 1. The lowest BCUT2D eigenvalue weighted by Gasteiger charge is -2.32. The van der Waals surface area contributed by atoms with E-state index in [2.05, 4.69) is 25.2 Å². The van der Waals surface area contributed by atoms with Gasteiger partial charge in [-0.1, -0.05) is 25.7 Å². The van der Waals surface area contributed by atoms with Crippen molar-refractivity contribution in [2.24, 2.45) is 0 Å². The number of rotatable bonds is 5. The predicted octanol–water partition coefficient (Wildman–Crippen LogP) is 2.75. The van der Waals surface area contributed by atoms with E-state index in [1.165, 1.54) is 25.7 Å². The Balaban J connectivity index is 1.86. The van der Waals surface area contributed by atoms with Crippen LogP contribution in [0.3, 0.4) is 0 Å². The van der Waals surface area contributed by atoms with Gasteiger partial charge in [-0.2, -0.15) is 0 Å². The molecule has 0 atom stereocenters. The quantitative estimate of drug-likeness (QED) is 0.737. The van der Waals surface area contributed by atoms with E-state index < -0.39 is 6.09 Å². The first kappa shape index (κ1) is 15.6. The summed E-state index contributed by atoms with van der Waals surface area (Å²) >= 11 is 0. The van der Waals surface area contributed by atoms with Gasteiger partial charge in [0.15, 0.2) is 0 Å². The Morgan fingerprint density at radius 3 is 2.83 bits per heavy atom. The molecule has 0 aliphatic heterocycles. The van der Waals surface area contributed by atoms with E-state index in [1.807, 2.05) is 12.3 Å². The number of H-pyrrole nitrogens is 1. The molecular weight excluding hydrogens is 294 g/mol. The fourth-order valence-electron chi connectivity index (χ4n) is 3.40. The van der Waals surface area contributed by atoms with Gasteiger partial charge in [-0.3, -0.25) is 0 Å². The molecule has 0 bridgehead atoms. The van der Waals surface area contributed by atoms with Gasteiger partial charge in [-0.05, 0) is 18.9 Å². The van der Waals surface area contributed by atoms with Crippen LogP contribution in [0.25, 0.3) is 11.0 Å². The van der Waals surface area contributed by atoms with Crippen molar-refractivity contribution in [2.75, 3.05) is 18.0 Å². The Hall–Kier alpha value is -2.31. The van der Waals surface area contributed by atoms with E-state index in [9.17, 15) is 4.79 Å². The fourth-order valence-corrected chi connectivity index (χ4v) is 3.40. The van der Waals surface area contributed by atoms with E-state index >= 15 is 0 Å². The number of hydrogen-bond acceptors (Lipinski definition) is 4. The van der Waals surface area contributed by atoms with Crippen molar-refractivity contribution in [2.45, 2.75) is 44.6 Å². The minimum Gasteiger partial charge on any atom is -0.465 e. The number of hydrogen-bond donors (Lipinski definition) is 3. The normalized spacial score (nSPS) is 16.2. The first-order chi connectivity index (χ1) is 11.3. The third-order valence-electron chi connectivity index (χ3n) is 4.50. The molecular formula is C16H23N5O2. The third kappa shape index (κ3) is 3.72. The van der Waals surface area contributed by atoms with Crippen LogP contribution in [-0.4, -0.2) is 45.3 Å². The number of carbonyl (C=O) groups is 1. The van der Waals surface area contributed by atoms with Gasteiger partial charge in [0, 0.05) is 25.3 Å². The lowest BCUT2D eigenvalue weighted by molar-refractivity contribution is 0.194. The Morgan fingerprint density at radius 2 is 2.09 bits per heavy atom. The van der Waals surface area contributed by atoms with Crippen molar-refractivity contribution in [3.8, 4) is 0 Å². The molecule has 0 unspecified atom stereocenters. The molecule has 1 aliphatic rings. The van der Waals surface area contributed by atoms with Gasteiger partial charge < -0.3 is 20.3 Å². The first-order valence-corrected chi connectivity index (χ1v) is 8.27. The molecule has 2 aromatic rings. The number of carboxylic acid groups (broad SMARTS) is 1. The summed E-state index contributed by atoms with van der Waals surface area (Å²) < 4.78 is 0. The second-order valence-corrected chi connectivity index (χ2v) is 6.01. The molecule has 1 amide bonds. The Bertz CT molecular complexity index is 649. The summed E-state index contributed by atoms with van der Waals surface area (Å²) in [7, 11) is 0. The molecule has 7 heteroatoms. The van der Waals surface area contributed by atoms with Crippen LogP contribution >= 0.6 is 0 Å². The average Bonchev–Trinajstić information content (AvgIpc) is 2.86. The number of aromatic amines is 1. The van der Waals surface area contributed by atoms with Crippen molar-refractivity contribution in [1.82, 2.24) is 20.3 Å². The maximum atomic E-state index is 10.8. The molecule has 2 heterocycles. The molecule has 23 heavy (non-hydrogen) atoms. The van der Waals surface area contributed by atoms with Gasteiger partial charge >= 0.3 is 6.09 Å². The van der Waals surface area contributed by atoms with E-state index in [1.54, 1.807) is 6.33 Å². The van der Waals surface area contributed by atoms with Gasteiger partial charge in [0.25, 0.3) is 0 Å². The molecule has 1 aliphatic carbocycles. The summed E-state index contributed by atoms with van der Waals surface area (Å²) in [6.07, 6.45) is 9.70. The highest BCUT2D eigenvalue weighted by Crippen LogP contribution is 2.29. The highest BCUT2D eigenvalue weighted by Gasteiger charge is 2.23. The zero-order valence-corrected chi connectivity index (χ0v) is 13.2. The number of nitrogens with zero attached hydrogens (tertiary/aromatic N) is 3.